The van der Waals surface area contributed by atoms with Crippen LogP contribution in [0.25, 0.3) is 17.1 Å². The van der Waals surface area contributed by atoms with Crippen LogP contribution in [0.4, 0.5) is 0 Å². The van der Waals surface area contributed by atoms with E-state index in [2.05, 4.69) is 0 Å². The van der Waals surface area contributed by atoms with Gasteiger partial charge in [0.05, 0.1) is 31.7 Å². The highest BCUT2D eigenvalue weighted by Gasteiger charge is 2.19. The van der Waals surface area contributed by atoms with Crippen molar-refractivity contribution in [2.75, 3.05) is 14.2 Å². The summed E-state index contributed by atoms with van der Waals surface area (Å²) in [5.41, 5.74) is 3.81. The van der Waals surface area contributed by atoms with Crippen molar-refractivity contribution in [3.8, 4) is 17.2 Å². The molecule has 3 heterocycles. The van der Waals surface area contributed by atoms with Gasteiger partial charge in [-0.3, -0.25) is 0 Å². The van der Waals surface area contributed by atoms with Gasteiger partial charge >= 0.3 is 5.97 Å². The van der Waals surface area contributed by atoms with Gasteiger partial charge in [0, 0.05) is 18.2 Å². The summed E-state index contributed by atoms with van der Waals surface area (Å²) in [6.07, 6.45) is 3.92. The van der Waals surface area contributed by atoms with Crippen LogP contribution >= 0.6 is 0 Å². The lowest BCUT2D eigenvalue weighted by atomic mass is 10.1. The molecule has 0 atom stereocenters. The predicted octanol–water partition coefficient (Wildman–Crippen LogP) is 3.98. The Morgan fingerprint density at radius 1 is 1.11 bits per heavy atom. The quantitative estimate of drug-likeness (QED) is 0.503. The zero-order chi connectivity index (χ0) is 18.8. The highest BCUT2D eigenvalue weighted by molar-refractivity contribution is 5.89. The van der Waals surface area contributed by atoms with Gasteiger partial charge in [0.1, 0.15) is 17.1 Å². The summed E-state index contributed by atoms with van der Waals surface area (Å²) in [5, 5.41) is 0. The minimum absolute atomic E-state index is 0.395. The lowest BCUT2D eigenvalue weighted by Gasteiger charge is -2.10. The predicted molar refractivity (Wildman–Crippen MR) is 100 cm³/mol. The molecule has 136 valence electrons. The molecule has 0 bridgehead atoms. The average molecular weight is 362 g/mol. The molecule has 27 heavy (non-hydrogen) atoms. The van der Waals surface area contributed by atoms with Crippen molar-refractivity contribution in [1.29, 1.82) is 0 Å². The molecule has 0 saturated carbocycles. The Bertz CT molecular complexity index is 1100. The molecule has 4 rings (SSSR count). The first-order valence-electron chi connectivity index (χ1n) is 8.46. The molecule has 0 amide bonds. The number of rotatable bonds is 5. The Labute approximate surface area is 156 Å². The molecule has 3 aromatic heterocycles. The number of pyridine rings is 1. The smallest absolute Gasteiger partial charge is 0.339 e. The first-order valence-corrected chi connectivity index (χ1v) is 8.46. The van der Waals surface area contributed by atoms with Crippen molar-refractivity contribution in [3.05, 3.63) is 77.8 Å². The number of imidazole rings is 1. The van der Waals surface area contributed by atoms with E-state index in [-0.39, 0.29) is 0 Å². The topological polar surface area (TPSA) is 66.0 Å². The van der Waals surface area contributed by atoms with Crippen LogP contribution < -0.4 is 4.74 Å². The molecule has 0 fully saturated rings. The third kappa shape index (κ3) is 3.06. The second kappa shape index (κ2) is 6.99. The SMILES string of the molecule is COC(=O)c1ccc2nc(-c3ccco3)c(Cc3ccccc3OC)n2c1. The number of methoxy groups -OCH3 is 2. The van der Waals surface area contributed by atoms with Crippen molar-refractivity contribution >= 4 is 11.6 Å². The number of nitrogens with zero attached hydrogens (tertiary/aromatic N) is 2. The molecule has 0 unspecified atom stereocenters. The van der Waals surface area contributed by atoms with Crippen molar-refractivity contribution in [1.82, 2.24) is 9.38 Å². The van der Waals surface area contributed by atoms with Crippen molar-refractivity contribution in [3.63, 3.8) is 0 Å². The van der Waals surface area contributed by atoms with Crippen LogP contribution in [0.3, 0.4) is 0 Å². The van der Waals surface area contributed by atoms with Crippen molar-refractivity contribution < 1.29 is 18.7 Å². The number of fused-ring (bicyclic) bond motifs is 1. The standard InChI is InChI=1S/C21H18N2O4/c1-25-17-7-4-3-6-14(17)12-16-20(18-8-5-11-27-18)22-19-10-9-15(13-23(16)19)21(24)26-2/h3-11,13H,12H2,1-2H3. The highest BCUT2D eigenvalue weighted by Crippen LogP contribution is 2.30. The van der Waals surface area contributed by atoms with E-state index in [0.717, 1.165) is 28.3 Å². The molecule has 0 spiro atoms. The number of hydrogen-bond acceptors (Lipinski definition) is 5. The van der Waals surface area contributed by atoms with Crippen LogP contribution in [0.1, 0.15) is 21.6 Å². The van der Waals surface area contributed by atoms with Gasteiger partial charge in [0.2, 0.25) is 0 Å². The maximum atomic E-state index is 12.0. The minimum atomic E-state index is -0.395. The van der Waals surface area contributed by atoms with Crippen LogP contribution in [0, 0.1) is 0 Å². The number of benzene rings is 1. The summed E-state index contributed by atoms with van der Waals surface area (Å²) >= 11 is 0. The minimum Gasteiger partial charge on any atom is -0.496 e. The molecule has 6 nitrogen and oxygen atoms in total. The van der Waals surface area contributed by atoms with E-state index in [1.54, 1.807) is 31.7 Å². The van der Waals surface area contributed by atoms with Crippen molar-refractivity contribution in [2.45, 2.75) is 6.42 Å². The molecule has 0 aliphatic carbocycles. The molecule has 0 aliphatic rings. The Balaban J connectivity index is 1.91. The van der Waals surface area contributed by atoms with Crippen LogP contribution in [0.2, 0.25) is 0 Å². The van der Waals surface area contributed by atoms with E-state index in [0.29, 0.717) is 17.7 Å². The molecule has 1 aromatic carbocycles. The van der Waals surface area contributed by atoms with Crippen LogP contribution in [0.5, 0.6) is 5.75 Å². The van der Waals surface area contributed by atoms with Crippen molar-refractivity contribution in [2.24, 2.45) is 0 Å². The zero-order valence-electron chi connectivity index (χ0n) is 15.0. The van der Waals surface area contributed by atoms with Gasteiger partial charge in [-0.25, -0.2) is 9.78 Å². The Kier molecular flexibility index (Phi) is 4.38. The third-order valence-electron chi connectivity index (χ3n) is 4.44. The number of furan rings is 1. The van der Waals surface area contributed by atoms with Gasteiger partial charge in [-0.05, 0) is 30.3 Å². The van der Waals surface area contributed by atoms with Crippen LogP contribution in [-0.4, -0.2) is 29.6 Å². The fraction of sp³-hybridized carbons (Fsp3) is 0.143. The van der Waals surface area contributed by atoms with E-state index in [1.165, 1.54) is 7.11 Å². The summed E-state index contributed by atoms with van der Waals surface area (Å²) in [6, 6.07) is 15.0. The summed E-state index contributed by atoms with van der Waals surface area (Å²) in [6.45, 7) is 0. The summed E-state index contributed by atoms with van der Waals surface area (Å²) in [7, 11) is 3.01. The molecular weight excluding hydrogens is 344 g/mol. The number of esters is 1. The lowest BCUT2D eigenvalue weighted by Crippen LogP contribution is -2.04. The van der Waals surface area contributed by atoms with Gasteiger partial charge < -0.3 is 18.3 Å². The second-order valence-electron chi connectivity index (χ2n) is 6.01. The van der Waals surface area contributed by atoms with E-state index in [1.807, 2.05) is 40.8 Å². The van der Waals surface area contributed by atoms with E-state index >= 15 is 0 Å². The van der Waals surface area contributed by atoms with E-state index in [4.69, 9.17) is 18.9 Å². The van der Waals surface area contributed by atoms with Gasteiger partial charge in [0.15, 0.2) is 5.76 Å². The van der Waals surface area contributed by atoms with E-state index in [9.17, 15) is 4.79 Å². The molecule has 4 aromatic rings. The fourth-order valence-electron chi connectivity index (χ4n) is 3.14. The number of para-hydroxylation sites is 1. The molecule has 0 N–H and O–H groups in total. The maximum Gasteiger partial charge on any atom is 0.339 e. The number of ether oxygens (including phenoxy) is 2. The first kappa shape index (κ1) is 16.9. The molecule has 0 saturated heterocycles. The average Bonchev–Trinajstić information content (AvgIpc) is 3.35. The number of aromatic nitrogens is 2. The summed E-state index contributed by atoms with van der Waals surface area (Å²) < 4.78 is 17.8. The van der Waals surface area contributed by atoms with Gasteiger partial charge in [-0.1, -0.05) is 18.2 Å². The Hall–Kier alpha value is -3.54. The van der Waals surface area contributed by atoms with Crippen LogP contribution in [-0.2, 0) is 11.2 Å². The molecule has 0 radical (unpaired) electrons. The van der Waals surface area contributed by atoms with Gasteiger partial charge in [-0.2, -0.15) is 0 Å². The first-order chi connectivity index (χ1) is 13.2. The maximum absolute atomic E-state index is 12.0. The largest absolute Gasteiger partial charge is 0.496 e. The molecule has 6 heteroatoms. The monoisotopic (exact) mass is 362 g/mol. The third-order valence-corrected chi connectivity index (χ3v) is 4.44. The van der Waals surface area contributed by atoms with Gasteiger partial charge in [0.25, 0.3) is 0 Å². The van der Waals surface area contributed by atoms with Crippen LogP contribution in [0.15, 0.2) is 65.4 Å². The molecular formula is C21H18N2O4. The summed E-state index contributed by atoms with van der Waals surface area (Å²) in [4.78, 5) is 16.7. The normalized spacial score (nSPS) is 10.9. The van der Waals surface area contributed by atoms with Gasteiger partial charge in [-0.15, -0.1) is 0 Å². The Morgan fingerprint density at radius 2 is 1.96 bits per heavy atom. The number of hydrogen-bond donors (Lipinski definition) is 0. The number of carbonyl (C=O) groups excluding carboxylic acids is 1. The second-order valence-corrected chi connectivity index (χ2v) is 6.01. The zero-order valence-corrected chi connectivity index (χ0v) is 15.0. The number of carbonyl (C=O) groups is 1. The molecule has 0 aliphatic heterocycles. The van der Waals surface area contributed by atoms with E-state index < -0.39 is 5.97 Å². The lowest BCUT2D eigenvalue weighted by molar-refractivity contribution is 0.0600. The fourth-order valence-corrected chi connectivity index (χ4v) is 3.14. The Morgan fingerprint density at radius 3 is 2.70 bits per heavy atom. The highest BCUT2D eigenvalue weighted by atomic mass is 16.5. The summed E-state index contributed by atoms with van der Waals surface area (Å²) in [5.74, 6) is 1.07.